The predicted molar refractivity (Wildman–Crippen MR) is 116 cm³/mol. The van der Waals surface area contributed by atoms with E-state index in [1.165, 1.54) is 18.6 Å². The number of carbonyl (C=O) groups excluding carboxylic acids is 2. The SMILES string of the molecule is O=C(NCc1ncc(C(=O)Nc2cc(C(F)(F)F)c(Cl)cn2)s1)c1cc(C#CCCO)ncn1. The van der Waals surface area contributed by atoms with Crippen molar-refractivity contribution in [1.29, 1.82) is 0 Å². The van der Waals surface area contributed by atoms with E-state index in [-0.39, 0.29) is 36.0 Å². The number of anilines is 1. The van der Waals surface area contributed by atoms with Gasteiger partial charge in [0.25, 0.3) is 11.8 Å². The molecule has 0 aromatic carbocycles. The summed E-state index contributed by atoms with van der Waals surface area (Å²) < 4.78 is 38.9. The third kappa shape index (κ3) is 6.70. The molecule has 0 bridgehead atoms. The molecule has 3 N–H and O–H groups in total. The van der Waals surface area contributed by atoms with Crippen molar-refractivity contribution in [3.05, 3.63) is 62.7 Å². The molecule has 0 unspecified atom stereocenters. The third-order valence-corrected chi connectivity index (χ3v) is 5.23. The number of hydrogen-bond acceptors (Lipinski definition) is 8. The van der Waals surface area contributed by atoms with Crippen LogP contribution >= 0.6 is 22.9 Å². The molecule has 0 aliphatic heterocycles. The van der Waals surface area contributed by atoms with Gasteiger partial charge in [0, 0.05) is 18.7 Å². The summed E-state index contributed by atoms with van der Waals surface area (Å²) in [5.74, 6) is 3.80. The molecule has 0 aliphatic carbocycles. The molecule has 9 nitrogen and oxygen atoms in total. The lowest BCUT2D eigenvalue weighted by atomic mass is 10.2. The Labute approximate surface area is 199 Å². The van der Waals surface area contributed by atoms with Gasteiger partial charge in [-0.3, -0.25) is 9.59 Å². The second-order valence-electron chi connectivity index (χ2n) is 6.37. The van der Waals surface area contributed by atoms with E-state index in [0.29, 0.717) is 16.8 Å². The summed E-state index contributed by atoms with van der Waals surface area (Å²) in [4.78, 5) is 40.3. The predicted octanol–water partition coefficient (Wildman–Crippen LogP) is 2.92. The number of hydrogen-bond donors (Lipinski definition) is 3. The molecular formula is C20H14ClF3N6O3S. The molecule has 3 aromatic rings. The van der Waals surface area contributed by atoms with Crippen LogP contribution in [0.25, 0.3) is 0 Å². The number of thiazole rings is 1. The van der Waals surface area contributed by atoms with Crippen molar-refractivity contribution in [2.75, 3.05) is 11.9 Å². The van der Waals surface area contributed by atoms with E-state index in [4.69, 9.17) is 16.7 Å². The van der Waals surface area contributed by atoms with Gasteiger partial charge >= 0.3 is 6.18 Å². The fourth-order valence-electron chi connectivity index (χ4n) is 2.40. The zero-order valence-electron chi connectivity index (χ0n) is 17.0. The Bertz CT molecular complexity index is 1270. The van der Waals surface area contributed by atoms with E-state index >= 15 is 0 Å². The number of nitrogens with one attached hydrogen (secondary N) is 2. The standard InChI is InChI=1S/C20H14ClF3N6O3S/c21-13-7-25-16(6-12(13)20(22,23)24)30-19(33)15-8-26-17(34-15)9-27-18(32)14-5-11(28-10-29-14)3-1-2-4-31/h5-8,10,31H,2,4,9H2,(H,27,32)(H,25,30,33). The van der Waals surface area contributed by atoms with Crippen LogP contribution in [0, 0.1) is 11.8 Å². The van der Waals surface area contributed by atoms with Gasteiger partial charge in [-0.15, -0.1) is 11.3 Å². The molecule has 0 fully saturated rings. The van der Waals surface area contributed by atoms with E-state index in [0.717, 1.165) is 17.5 Å². The number of pyridine rings is 1. The normalized spacial score (nSPS) is 10.9. The molecule has 3 heterocycles. The minimum absolute atomic E-state index is 0.0241. The average molecular weight is 511 g/mol. The summed E-state index contributed by atoms with van der Waals surface area (Å²) in [5.41, 5.74) is -0.752. The maximum Gasteiger partial charge on any atom is 0.418 e. The Kier molecular flexibility index (Phi) is 8.11. The molecule has 0 aliphatic rings. The number of alkyl halides is 3. The minimum atomic E-state index is -4.70. The van der Waals surface area contributed by atoms with E-state index in [1.54, 1.807) is 0 Å². The number of aliphatic hydroxyl groups excluding tert-OH is 1. The summed E-state index contributed by atoms with van der Waals surface area (Å²) in [7, 11) is 0. The van der Waals surface area contributed by atoms with Crippen molar-refractivity contribution in [2.45, 2.75) is 19.1 Å². The molecule has 0 saturated carbocycles. The fraction of sp³-hybridized carbons (Fsp3) is 0.200. The highest BCUT2D eigenvalue weighted by Gasteiger charge is 2.34. The highest BCUT2D eigenvalue weighted by Crippen LogP contribution is 2.35. The molecule has 2 amide bonds. The second-order valence-corrected chi connectivity index (χ2v) is 7.89. The molecule has 3 rings (SSSR count). The van der Waals surface area contributed by atoms with Gasteiger partial charge < -0.3 is 15.7 Å². The largest absolute Gasteiger partial charge is 0.418 e. The van der Waals surface area contributed by atoms with Gasteiger partial charge in [0.2, 0.25) is 0 Å². The molecule has 34 heavy (non-hydrogen) atoms. The average Bonchev–Trinajstić information content (AvgIpc) is 3.28. The second kappa shape index (κ2) is 11.0. The van der Waals surface area contributed by atoms with Crippen molar-refractivity contribution in [3.8, 4) is 11.8 Å². The Morgan fingerprint density at radius 3 is 2.65 bits per heavy atom. The van der Waals surface area contributed by atoms with Crippen molar-refractivity contribution in [2.24, 2.45) is 0 Å². The van der Waals surface area contributed by atoms with E-state index in [9.17, 15) is 22.8 Å². The summed E-state index contributed by atoms with van der Waals surface area (Å²) in [6.07, 6.45) is -1.24. The number of rotatable bonds is 6. The minimum Gasteiger partial charge on any atom is -0.395 e. The number of halogens is 4. The monoisotopic (exact) mass is 510 g/mol. The fourth-order valence-corrected chi connectivity index (χ4v) is 3.37. The maximum atomic E-state index is 13.0. The van der Waals surface area contributed by atoms with Crippen LogP contribution in [0.5, 0.6) is 0 Å². The van der Waals surface area contributed by atoms with Crippen molar-refractivity contribution < 1.29 is 27.9 Å². The number of nitrogens with zero attached hydrogens (tertiary/aromatic N) is 4. The van der Waals surface area contributed by atoms with E-state index in [2.05, 4.69) is 42.4 Å². The Hall–Kier alpha value is -3.60. The van der Waals surface area contributed by atoms with Crippen molar-refractivity contribution >= 4 is 40.6 Å². The lowest BCUT2D eigenvalue weighted by molar-refractivity contribution is -0.137. The van der Waals surface area contributed by atoms with Crippen LogP contribution in [0.1, 0.15) is 42.8 Å². The van der Waals surface area contributed by atoms with Crippen molar-refractivity contribution in [3.63, 3.8) is 0 Å². The zero-order chi connectivity index (χ0) is 24.7. The van der Waals surface area contributed by atoms with Crippen LogP contribution in [-0.4, -0.2) is 43.5 Å². The van der Waals surface area contributed by atoms with E-state index < -0.39 is 28.6 Å². The van der Waals surface area contributed by atoms with Crippen LogP contribution in [0.4, 0.5) is 19.0 Å². The molecule has 176 valence electrons. The molecule has 0 spiro atoms. The first-order valence-corrected chi connectivity index (χ1v) is 10.6. The van der Waals surface area contributed by atoms with E-state index in [1.807, 2.05) is 0 Å². The summed E-state index contributed by atoms with van der Waals surface area (Å²) in [6, 6.07) is 2.02. The van der Waals surface area contributed by atoms with Crippen molar-refractivity contribution in [1.82, 2.24) is 25.3 Å². The Morgan fingerprint density at radius 2 is 1.91 bits per heavy atom. The first-order valence-electron chi connectivity index (χ1n) is 9.36. The molecule has 0 atom stereocenters. The summed E-state index contributed by atoms with van der Waals surface area (Å²) in [5, 5.41) is 13.4. The molecular weight excluding hydrogens is 497 g/mol. The van der Waals surface area contributed by atoms with Gasteiger partial charge in [0.05, 0.1) is 29.9 Å². The number of aromatic nitrogens is 4. The molecule has 14 heteroatoms. The summed E-state index contributed by atoms with van der Waals surface area (Å²) >= 11 is 6.45. The van der Waals surface area contributed by atoms with Gasteiger partial charge in [0.15, 0.2) is 0 Å². The van der Waals surface area contributed by atoms with Gasteiger partial charge in [0.1, 0.15) is 33.4 Å². The number of carbonyl (C=O) groups is 2. The first-order chi connectivity index (χ1) is 16.2. The highest BCUT2D eigenvalue weighted by atomic mass is 35.5. The van der Waals surface area contributed by atoms with Crippen LogP contribution in [0.2, 0.25) is 5.02 Å². The van der Waals surface area contributed by atoms with Gasteiger partial charge in [-0.2, -0.15) is 13.2 Å². The molecule has 0 saturated heterocycles. The van der Waals surface area contributed by atoms with Crippen LogP contribution in [0.15, 0.2) is 30.9 Å². The quantitative estimate of drug-likeness (QED) is 0.435. The molecule has 3 aromatic heterocycles. The number of amides is 2. The topological polar surface area (TPSA) is 130 Å². The van der Waals surface area contributed by atoms with Gasteiger partial charge in [-0.05, 0) is 12.0 Å². The van der Waals surface area contributed by atoms with Crippen LogP contribution in [0.3, 0.4) is 0 Å². The Morgan fingerprint density at radius 1 is 1.12 bits per heavy atom. The smallest absolute Gasteiger partial charge is 0.395 e. The maximum absolute atomic E-state index is 13.0. The van der Waals surface area contributed by atoms with Crippen LogP contribution < -0.4 is 10.6 Å². The lowest BCUT2D eigenvalue weighted by Gasteiger charge is -2.10. The highest BCUT2D eigenvalue weighted by molar-refractivity contribution is 7.13. The molecule has 0 radical (unpaired) electrons. The summed E-state index contributed by atoms with van der Waals surface area (Å²) in [6.45, 7) is -0.117. The van der Waals surface area contributed by atoms with Gasteiger partial charge in [-0.1, -0.05) is 17.5 Å². The number of aliphatic hydroxyl groups is 1. The van der Waals surface area contributed by atoms with Crippen LogP contribution in [-0.2, 0) is 12.7 Å². The van der Waals surface area contributed by atoms with Gasteiger partial charge in [-0.25, -0.2) is 19.9 Å². The Balaban J connectivity index is 1.61. The zero-order valence-corrected chi connectivity index (χ0v) is 18.6. The first kappa shape index (κ1) is 25.0. The lowest BCUT2D eigenvalue weighted by Crippen LogP contribution is -2.24. The third-order valence-electron chi connectivity index (χ3n) is 3.93.